The average molecular weight is 310 g/mol. The molecule has 0 aliphatic heterocycles. The molecular formula is C17H18N4O2. The fourth-order valence-electron chi connectivity index (χ4n) is 2.62. The molecule has 2 heterocycles. The second kappa shape index (κ2) is 5.72. The third-order valence-corrected chi connectivity index (χ3v) is 3.66. The Morgan fingerprint density at radius 1 is 1.04 bits per heavy atom. The summed E-state index contributed by atoms with van der Waals surface area (Å²) in [6.45, 7) is 5.75. The topological polar surface area (TPSA) is 72.8 Å². The van der Waals surface area contributed by atoms with Gasteiger partial charge in [0.05, 0.1) is 29.7 Å². The molecule has 118 valence electrons. The first-order valence-corrected chi connectivity index (χ1v) is 7.28. The zero-order valence-corrected chi connectivity index (χ0v) is 13.5. The quantitative estimate of drug-likeness (QED) is 0.807. The van der Waals surface area contributed by atoms with Crippen LogP contribution in [-0.4, -0.2) is 27.1 Å². The first-order valence-electron chi connectivity index (χ1n) is 7.28. The van der Waals surface area contributed by atoms with Gasteiger partial charge in [0.2, 0.25) is 0 Å². The van der Waals surface area contributed by atoms with Crippen molar-refractivity contribution in [2.24, 2.45) is 0 Å². The maximum atomic E-state index is 12.2. The van der Waals surface area contributed by atoms with E-state index in [-0.39, 0.29) is 5.56 Å². The van der Waals surface area contributed by atoms with Gasteiger partial charge in [-0.3, -0.25) is 4.79 Å². The van der Waals surface area contributed by atoms with Gasteiger partial charge in [0.15, 0.2) is 0 Å². The van der Waals surface area contributed by atoms with Crippen LogP contribution in [0.5, 0.6) is 5.75 Å². The van der Waals surface area contributed by atoms with Crippen LogP contribution in [0, 0.1) is 20.8 Å². The van der Waals surface area contributed by atoms with Gasteiger partial charge in [0.1, 0.15) is 5.75 Å². The summed E-state index contributed by atoms with van der Waals surface area (Å²) in [7, 11) is 1.61. The molecule has 6 nitrogen and oxygen atoms in total. The average Bonchev–Trinajstić information content (AvgIpc) is 2.87. The van der Waals surface area contributed by atoms with Crippen molar-refractivity contribution in [3.63, 3.8) is 0 Å². The van der Waals surface area contributed by atoms with Crippen molar-refractivity contribution in [1.29, 1.82) is 0 Å². The van der Waals surface area contributed by atoms with Crippen molar-refractivity contribution < 1.29 is 4.74 Å². The molecule has 0 atom stereocenters. The third kappa shape index (κ3) is 2.75. The number of nitrogens with one attached hydrogen (secondary N) is 1. The summed E-state index contributed by atoms with van der Waals surface area (Å²) in [4.78, 5) is 12.2. The molecule has 0 unspecified atom stereocenters. The Kier molecular flexibility index (Phi) is 3.73. The standard InChI is InChI=1S/C17H18N4O2/c1-10-8-15(17(22)19-18-10)14-6-5-13(23-4)9-16(14)21-12(3)7-11(2)20-21/h5-9H,1-4H3,(H,19,22). The number of aromatic amines is 1. The predicted octanol–water partition coefficient (Wildman–Crippen LogP) is 2.56. The van der Waals surface area contributed by atoms with Crippen LogP contribution in [0.3, 0.4) is 0 Å². The van der Waals surface area contributed by atoms with E-state index in [9.17, 15) is 4.79 Å². The summed E-state index contributed by atoms with van der Waals surface area (Å²) in [5.41, 5.74) is 4.55. The van der Waals surface area contributed by atoms with E-state index in [0.717, 1.165) is 28.3 Å². The molecule has 0 aliphatic rings. The number of aryl methyl sites for hydroxylation is 3. The molecule has 0 bridgehead atoms. The minimum Gasteiger partial charge on any atom is -0.497 e. The van der Waals surface area contributed by atoms with Crippen LogP contribution >= 0.6 is 0 Å². The predicted molar refractivity (Wildman–Crippen MR) is 88.2 cm³/mol. The van der Waals surface area contributed by atoms with Crippen molar-refractivity contribution in [3.05, 3.63) is 57.8 Å². The Morgan fingerprint density at radius 2 is 1.83 bits per heavy atom. The summed E-state index contributed by atoms with van der Waals surface area (Å²) >= 11 is 0. The fraction of sp³-hybridized carbons (Fsp3) is 0.235. The van der Waals surface area contributed by atoms with Gasteiger partial charge in [-0.2, -0.15) is 10.2 Å². The Labute approximate surface area is 133 Å². The van der Waals surface area contributed by atoms with Crippen LogP contribution in [0.2, 0.25) is 0 Å². The lowest BCUT2D eigenvalue weighted by Crippen LogP contribution is -2.13. The maximum absolute atomic E-state index is 12.2. The number of hydrogen-bond donors (Lipinski definition) is 1. The monoisotopic (exact) mass is 310 g/mol. The molecule has 23 heavy (non-hydrogen) atoms. The van der Waals surface area contributed by atoms with Gasteiger partial charge >= 0.3 is 0 Å². The van der Waals surface area contributed by atoms with E-state index in [1.165, 1.54) is 0 Å². The molecule has 1 N–H and O–H groups in total. The molecule has 2 aromatic heterocycles. The van der Waals surface area contributed by atoms with E-state index in [4.69, 9.17) is 4.74 Å². The Morgan fingerprint density at radius 3 is 2.48 bits per heavy atom. The molecule has 3 aromatic rings. The number of benzene rings is 1. The lowest BCUT2D eigenvalue weighted by molar-refractivity contribution is 0.414. The zero-order chi connectivity index (χ0) is 16.6. The zero-order valence-electron chi connectivity index (χ0n) is 13.5. The van der Waals surface area contributed by atoms with Gasteiger partial charge in [-0.25, -0.2) is 9.78 Å². The minimum atomic E-state index is -0.233. The van der Waals surface area contributed by atoms with Gasteiger partial charge in [-0.15, -0.1) is 0 Å². The van der Waals surface area contributed by atoms with E-state index in [0.29, 0.717) is 11.3 Å². The van der Waals surface area contributed by atoms with Crippen molar-refractivity contribution in [1.82, 2.24) is 20.0 Å². The molecule has 0 amide bonds. The van der Waals surface area contributed by atoms with Gasteiger partial charge in [-0.05, 0) is 45.0 Å². The highest BCUT2D eigenvalue weighted by atomic mass is 16.5. The Hall–Kier alpha value is -2.89. The first-order chi connectivity index (χ1) is 11.0. The summed E-state index contributed by atoms with van der Waals surface area (Å²) in [6, 6.07) is 9.35. The molecule has 0 saturated heterocycles. The number of H-pyrrole nitrogens is 1. The SMILES string of the molecule is COc1ccc(-c2cc(C)n[nH]c2=O)c(-n2nc(C)cc2C)c1. The maximum Gasteiger partial charge on any atom is 0.272 e. The van der Waals surface area contributed by atoms with Crippen LogP contribution in [0.4, 0.5) is 0 Å². The molecule has 0 radical (unpaired) electrons. The van der Waals surface area contributed by atoms with Crippen molar-refractivity contribution in [3.8, 4) is 22.6 Å². The normalized spacial score (nSPS) is 10.8. The molecule has 6 heteroatoms. The van der Waals surface area contributed by atoms with Crippen LogP contribution in [0.25, 0.3) is 16.8 Å². The second-order valence-corrected chi connectivity index (χ2v) is 5.47. The second-order valence-electron chi connectivity index (χ2n) is 5.47. The van der Waals surface area contributed by atoms with E-state index in [1.807, 2.05) is 49.7 Å². The van der Waals surface area contributed by atoms with Crippen molar-refractivity contribution in [2.75, 3.05) is 7.11 Å². The fourth-order valence-corrected chi connectivity index (χ4v) is 2.62. The third-order valence-electron chi connectivity index (χ3n) is 3.66. The largest absolute Gasteiger partial charge is 0.497 e. The Balaban J connectivity index is 2.31. The number of ether oxygens (including phenoxy) is 1. The van der Waals surface area contributed by atoms with E-state index in [2.05, 4.69) is 15.3 Å². The highest BCUT2D eigenvalue weighted by Crippen LogP contribution is 2.29. The van der Waals surface area contributed by atoms with Gasteiger partial charge in [0.25, 0.3) is 5.56 Å². The number of nitrogens with zero attached hydrogens (tertiary/aromatic N) is 3. The summed E-state index contributed by atoms with van der Waals surface area (Å²) < 4.78 is 7.15. The van der Waals surface area contributed by atoms with E-state index < -0.39 is 0 Å². The van der Waals surface area contributed by atoms with Crippen LogP contribution in [0.15, 0.2) is 35.1 Å². The van der Waals surface area contributed by atoms with Gasteiger partial charge < -0.3 is 4.74 Å². The summed E-state index contributed by atoms with van der Waals surface area (Å²) in [5, 5.41) is 11.0. The van der Waals surface area contributed by atoms with E-state index in [1.54, 1.807) is 13.2 Å². The first kappa shape index (κ1) is 15.0. The van der Waals surface area contributed by atoms with Gasteiger partial charge in [0, 0.05) is 17.3 Å². The molecule has 0 fully saturated rings. The van der Waals surface area contributed by atoms with Crippen molar-refractivity contribution in [2.45, 2.75) is 20.8 Å². The van der Waals surface area contributed by atoms with Gasteiger partial charge in [-0.1, -0.05) is 0 Å². The summed E-state index contributed by atoms with van der Waals surface area (Å²) in [6.07, 6.45) is 0. The minimum absolute atomic E-state index is 0.233. The van der Waals surface area contributed by atoms with E-state index >= 15 is 0 Å². The Bertz CT molecular complexity index is 925. The molecule has 0 spiro atoms. The summed E-state index contributed by atoms with van der Waals surface area (Å²) in [5.74, 6) is 0.707. The number of hydrogen-bond acceptors (Lipinski definition) is 4. The number of methoxy groups -OCH3 is 1. The lowest BCUT2D eigenvalue weighted by Gasteiger charge is -2.13. The van der Waals surface area contributed by atoms with Crippen LogP contribution in [0.1, 0.15) is 17.1 Å². The molecule has 3 rings (SSSR count). The van der Waals surface area contributed by atoms with Crippen LogP contribution in [-0.2, 0) is 0 Å². The molecule has 0 saturated carbocycles. The highest BCUT2D eigenvalue weighted by Gasteiger charge is 2.15. The number of rotatable bonds is 3. The van der Waals surface area contributed by atoms with Crippen LogP contribution < -0.4 is 10.3 Å². The van der Waals surface area contributed by atoms with Crippen molar-refractivity contribution >= 4 is 0 Å². The molecular weight excluding hydrogens is 292 g/mol. The number of aromatic nitrogens is 4. The highest BCUT2D eigenvalue weighted by molar-refractivity contribution is 5.73. The molecule has 0 aliphatic carbocycles. The smallest absolute Gasteiger partial charge is 0.272 e. The lowest BCUT2D eigenvalue weighted by atomic mass is 10.0. The molecule has 1 aromatic carbocycles.